The van der Waals surface area contributed by atoms with Gasteiger partial charge in [-0.05, 0) is 43.5 Å². The van der Waals surface area contributed by atoms with Gasteiger partial charge in [-0.2, -0.15) is 0 Å². The Labute approximate surface area is 78.0 Å². The van der Waals surface area contributed by atoms with E-state index >= 15 is 0 Å². The molecule has 2 heteroatoms. The first-order valence-electron chi connectivity index (χ1n) is 4.71. The summed E-state index contributed by atoms with van der Waals surface area (Å²) in [4.78, 5) is 0. The molecule has 0 saturated carbocycles. The third kappa shape index (κ3) is 1.35. The smallest absolute Gasteiger partial charge is 0.129 e. The van der Waals surface area contributed by atoms with Crippen LogP contribution in [0, 0.1) is 12.7 Å². The van der Waals surface area contributed by atoms with Crippen LogP contribution >= 0.6 is 0 Å². The normalized spacial score (nSPS) is 21.3. The lowest BCUT2D eigenvalue weighted by atomic mass is 9.93. The highest BCUT2D eigenvalue weighted by Gasteiger charge is 2.19. The molecular formula is C11H14FN. The largest absolute Gasteiger partial charge is 0.310 e. The number of hydrogen-bond acceptors (Lipinski definition) is 1. The Morgan fingerprint density at radius 2 is 2.23 bits per heavy atom. The number of aryl methyl sites for hydroxylation is 1. The summed E-state index contributed by atoms with van der Waals surface area (Å²) in [6.07, 6.45) is 0.813. The summed E-state index contributed by atoms with van der Waals surface area (Å²) in [6, 6.07) is 4.18. The minimum absolute atomic E-state index is 0.00847. The summed E-state index contributed by atoms with van der Waals surface area (Å²) >= 11 is 0. The van der Waals surface area contributed by atoms with Gasteiger partial charge in [-0.15, -0.1) is 0 Å². The number of fused-ring (bicyclic) bond motifs is 1. The zero-order valence-electron chi connectivity index (χ0n) is 8.02. The van der Waals surface area contributed by atoms with Gasteiger partial charge in [0, 0.05) is 6.04 Å². The van der Waals surface area contributed by atoms with Gasteiger partial charge in [0.25, 0.3) is 0 Å². The van der Waals surface area contributed by atoms with Crippen LogP contribution in [0.2, 0.25) is 0 Å². The summed E-state index contributed by atoms with van der Waals surface area (Å²) in [5.74, 6) is -0.00847. The predicted octanol–water partition coefficient (Wildman–Crippen LogP) is 2.34. The van der Waals surface area contributed by atoms with E-state index in [-0.39, 0.29) is 5.82 Å². The summed E-state index contributed by atoms with van der Waals surface area (Å²) in [5, 5.41) is 3.32. The van der Waals surface area contributed by atoms with E-state index in [0.29, 0.717) is 6.04 Å². The fourth-order valence-electron chi connectivity index (χ4n) is 1.94. The van der Waals surface area contributed by atoms with E-state index in [0.717, 1.165) is 29.7 Å². The number of rotatable bonds is 0. The second kappa shape index (κ2) is 3.11. The van der Waals surface area contributed by atoms with E-state index in [1.54, 1.807) is 0 Å². The average Bonchev–Trinajstić information content (AvgIpc) is 2.12. The summed E-state index contributed by atoms with van der Waals surface area (Å²) in [6.45, 7) is 4.78. The molecule has 0 radical (unpaired) electrons. The molecule has 1 aromatic carbocycles. The Hall–Kier alpha value is -0.890. The van der Waals surface area contributed by atoms with Crippen molar-refractivity contribution in [2.24, 2.45) is 0 Å². The van der Waals surface area contributed by atoms with Crippen LogP contribution in [0.25, 0.3) is 0 Å². The molecule has 1 aromatic rings. The topological polar surface area (TPSA) is 12.0 Å². The second-order valence-electron chi connectivity index (χ2n) is 3.69. The van der Waals surface area contributed by atoms with Crippen molar-refractivity contribution in [3.05, 3.63) is 34.6 Å². The SMILES string of the molecule is Cc1ccc2c(c1F)CCNC2C. The van der Waals surface area contributed by atoms with E-state index in [1.807, 2.05) is 19.1 Å². The molecule has 1 heterocycles. The van der Waals surface area contributed by atoms with Gasteiger partial charge in [0.1, 0.15) is 5.82 Å². The Bertz CT molecular complexity index is 333. The van der Waals surface area contributed by atoms with E-state index in [9.17, 15) is 4.39 Å². The fourth-order valence-corrected chi connectivity index (χ4v) is 1.94. The first-order valence-corrected chi connectivity index (χ1v) is 4.71. The quantitative estimate of drug-likeness (QED) is 0.644. The molecule has 1 aliphatic rings. The lowest BCUT2D eigenvalue weighted by molar-refractivity contribution is 0.510. The number of benzene rings is 1. The fraction of sp³-hybridized carbons (Fsp3) is 0.455. The average molecular weight is 179 g/mol. The Kier molecular flexibility index (Phi) is 2.08. The van der Waals surface area contributed by atoms with Crippen molar-refractivity contribution in [1.29, 1.82) is 0 Å². The van der Waals surface area contributed by atoms with Gasteiger partial charge in [0.2, 0.25) is 0 Å². The van der Waals surface area contributed by atoms with Crippen LogP contribution in [0.15, 0.2) is 12.1 Å². The predicted molar refractivity (Wildman–Crippen MR) is 51.3 cm³/mol. The van der Waals surface area contributed by atoms with Crippen LogP contribution in [-0.4, -0.2) is 6.54 Å². The van der Waals surface area contributed by atoms with Crippen LogP contribution in [0.4, 0.5) is 4.39 Å². The first kappa shape index (κ1) is 8.70. The highest BCUT2D eigenvalue weighted by molar-refractivity contribution is 5.37. The van der Waals surface area contributed by atoms with Gasteiger partial charge >= 0.3 is 0 Å². The van der Waals surface area contributed by atoms with Crippen molar-refractivity contribution in [3.63, 3.8) is 0 Å². The molecule has 2 rings (SSSR count). The molecule has 0 spiro atoms. The Morgan fingerprint density at radius 1 is 1.46 bits per heavy atom. The van der Waals surface area contributed by atoms with Crippen LogP contribution < -0.4 is 5.32 Å². The van der Waals surface area contributed by atoms with Gasteiger partial charge in [0.15, 0.2) is 0 Å². The van der Waals surface area contributed by atoms with Crippen molar-refractivity contribution in [1.82, 2.24) is 5.32 Å². The minimum atomic E-state index is -0.00847. The molecule has 0 saturated heterocycles. The zero-order valence-corrected chi connectivity index (χ0v) is 8.02. The number of hydrogen-bond donors (Lipinski definition) is 1. The lowest BCUT2D eigenvalue weighted by Crippen LogP contribution is -2.28. The van der Waals surface area contributed by atoms with Crippen LogP contribution in [0.1, 0.15) is 29.7 Å². The highest BCUT2D eigenvalue weighted by Crippen LogP contribution is 2.26. The van der Waals surface area contributed by atoms with Crippen molar-refractivity contribution < 1.29 is 4.39 Å². The lowest BCUT2D eigenvalue weighted by Gasteiger charge is -2.24. The molecule has 1 atom stereocenters. The third-order valence-electron chi connectivity index (χ3n) is 2.76. The van der Waals surface area contributed by atoms with Crippen molar-refractivity contribution in [3.8, 4) is 0 Å². The summed E-state index contributed by atoms with van der Waals surface area (Å²) in [5.41, 5.74) is 2.79. The molecule has 70 valence electrons. The molecule has 0 fully saturated rings. The van der Waals surface area contributed by atoms with E-state index in [1.165, 1.54) is 0 Å². The standard InChI is InChI=1S/C11H14FN/c1-7-3-4-9-8(2)13-6-5-10(9)11(7)12/h3-4,8,13H,5-6H2,1-2H3. The molecule has 1 N–H and O–H groups in total. The summed E-state index contributed by atoms with van der Waals surface area (Å²) < 4.78 is 13.6. The second-order valence-corrected chi connectivity index (χ2v) is 3.69. The number of halogens is 1. The minimum Gasteiger partial charge on any atom is -0.310 e. The molecular weight excluding hydrogens is 165 g/mol. The first-order chi connectivity index (χ1) is 6.20. The molecule has 1 unspecified atom stereocenters. The molecule has 0 aliphatic carbocycles. The molecule has 0 aromatic heterocycles. The van der Waals surface area contributed by atoms with Crippen molar-refractivity contribution >= 4 is 0 Å². The molecule has 0 bridgehead atoms. The molecule has 1 nitrogen and oxygen atoms in total. The van der Waals surface area contributed by atoms with E-state index in [2.05, 4.69) is 12.2 Å². The van der Waals surface area contributed by atoms with Gasteiger partial charge in [-0.25, -0.2) is 4.39 Å². The van der Waals surface area contributed by atoms with Gasteiger partial charge in [-0.1, -0.05) is 12.1 Å². The Morgan fingerprint density at radius 3 is 3.00 bits per heavy atom. The maximum atomic E-state index is 13.6. The van der Waals surface area contributed by atoms with Crippen molar-refractivity contribution in [2.75, 3.05) is 6.54 Å². The highest BCUT2D eigenvalue weighted by atomic mass is 19.1. The molecule has 13 heavy (non-hydrogen) atoms. The van der Waals surface area contributed by atoms with Crippen LogP contribution in [0.5, 0.6) is 0 Å². The van der Waals surface area contributed by atoms with Gasteiger partial charge in [0.05, 0.1) is 0 Å². The molecule has 0 amide bonds. The van der Waals surface area contributed by atoms with E-state index < -0.39 is 0 Å². The zero-order chi connectivity index (χ0) is 9.42. The maximum Gasteiger partial charge on any atom is 0.129 e. The van der Waals surface area contributed by atoms with Crippen LogP contribution in [0.3, 0.4) is 0 Å². The third-order valence-corrected chi connectivity index (χ3v) is 2.76. The monoisotopic (exact) mass is 179 g/mol. The van der Waals surface area contributed by atoms with Crippen molar-refractivity contribution in [2.45, 2.75) is 26.3 Å². The van der Waals surface area contributed by atoms with Gasteiger partial charge in [-0.3, -0.25) is 0 Å². The maximum absolute atomic E-state index is 13.6. The van der Waals surface area contributed by atoms with Crippen LogP contribution in [-0.2, 0) is 6.42 Å². The van der Waals surface area contributed by atoms with E-state index in [4.69, 9.17) is 0 Å². The number of nitrogens with one attached hydrogen (secondary N) is 1. The summed E-state index contributed by atoms with van der Waals surface area (Å²) in [7, 11) is 0. The Balaban J connectivity index is 2.56. The van der Waals surface area contributed by atoms with Gasteiger partial charge < -0.3 is 5.32 Å². The molecule has 1 aliphatic heterocycles.